The molecule has 21 heavy (non-hydrogen) atoms. The number of likely N-dealkylation sites (tertiary alicyclic amines) is 1. The van der Waals surface area contributed by atoms with Gasteiger partial charge in [0.1, 0.15) is 0 Å². The summed E-state index contributed by atoms with van der Waals surface area (Å²) in [5, 5.41) is 7.45. The van der Waals surface area contributed by atoms with Crippen LogP contribution in [-0.4, -0.2) is 47.1 Å². The van der Waals surface area contributed by atoms with Gasteiger partial charge in [-0.25, -0.2) is 4.52 Å². The highest BCUT2D eigenvalue weighted by atomic mass is 35.5. The van der Waals surface area contributed by atoms with Crippen molar-refractivity contribution in [1.82, 2.24) is 19.8 Å². The topological polar surface area (TPSA) is 49.6 Å². The summed E-state index contributed by atoms with van der Waals surface area (Å²) in [5.41, 5.74) is 1.59. The zero-order valence-corrected chi connectivity index (χ0v) is 13.0. The van der Waals surface area contributed by atoms with E-state index in [9.17, 15) is 4.79 Å². The second-order valence-corrected chi connectivity index (χ2v) is 5.38. The van der Waals surface area contributed by atoms with Crippen LogP contribution in [0.4, 0.5) is 0 Å². The van der Waals surface area contributed by atoms with E-state index in [-0.39, 0.29) is 18.3 Å². The molecule has 2 aromatic heterocycles. The third-order valence-electron chi connectivity index (χ3n) is 4.05. The van der Waals surface area contributed by atoms with Gasteiger partial charge >= 0.3 is 0 Å². The maximum absolute atomic E-state index is 12.6. The zero-order valence-electron chi connectivity index (χ0n) is 12.2. The number of amides is 1. The van der Waals surface area contributed by atoms with Gasteiger partial charge in [-0.2, -0.15) is 5.10 Å². The normalized spacial score (nSPS) is 16.0. The maximum Gasteiger partial charge on any atom is 0.257 e. The number of nitrogens with one attached hydrogen (secondary N) is 1. The Morgan fingerprint density at radius 3 is 2.86 bits per heavy atom. The van der Waals surface area contributed by atoms with Gasteiger partial charge in [-0.1, -0.05) is 6.07 Å². The average Bonchev–Trinajstić information content (AvgIpc) is 2.92. The Morgan fingerprint density at radius 1 is 1.38 bits per heavy atom. The van der Waals surface area contributed by atoms with Crippen LogP contribution < -0.4 is 5.32 Å². The minimum atomic E-state index is 0. The minimum absolute atomic E-state index is 0. The number of hydrogen-bond acceptors (Lipinski definition) is 3. The van der Waals surface area contributed by atoms with Crippen LogP contribution in [-0.2, 0) is 0 Å². The van der Waals surface area contributed by atoms with Gasteiger partial charge in [0.25, 0.3) is 5.91 Å². The largest absolute Gasteiger partial charge is 0.339 e. The summed E-state index contributed by atoms with van der Waals surface area (Å²) in [7, 11) is 1.98. The Labute approximate surface area is 130 Å². The lowest BCUT2D eigenvalue weighted by Crippen LogP contribution is -2.40. The highest BCUT2D eigenvalue weighted by Crippen LogP contribution is 2.20. The van der Waals surface area contributed by atoms with E-state index in [2.05, 4.69) is 10.4 Å². The van der Waals surface area contributed by atoms with E-state index in [4.69, 9.17) is 0 Å². The lowest BCUT2D eigenvalue weighted by atomic mass is 9.96. The summed E-state index contributed by atoms with van der Waals surface area (Å²) < 4.78 is 1.75. The molecule has 1 saturated heterocycles. The van der Waals surface area contributed by atoms with E-state index in [1.54, 1.807) is 10.7 Å². The van der Waals surface area contributed by atoms with Crippen molar-refractivity contribution < 1.29 is 4.79 Å². The lowest BCUT2D eigenvalue weighted by molar-refractivity contribution is 0.0693. The second kappa shape index (κ2) is 6.91. The van der Waals surface area contributed by atoms with Gasteiger partial charge in [0, 0.05) is 19.3 Å². The first-order valence-electron chi connectivity index (χ1n) is 7.16. The first kappa shape index (κ1) is 15.8. The fraction of sp³-hybridized carbons (Fsp3) is 0.467. The van der Waals surface area contributed by atoms with Crippen molar-refractivity contribution in [3.8, 4) is 0 Å². The molecule has 1 fully saturated rings. The van der Waals surface area contributed by atoms with Gasteiger partial charge in [-0.15, -0.1) is 12.4 Å². The van der Waals surface area contributed by atoms with Crippen LogP contribution in [0.5, 0.6) is 0 Å². The Bertz CT molecular complexity index is 604. The number of rotatable bonds is 3. The Hall–Kier alpha value is -1.59. The average molecular weight is 309 g/mol. The highest BCUT2D eigenvalue weighted by Gasteiger charge is 2.24. The number of nitrogens with zero attached hydrogens (tertiary/aromatic N) is 3. The number of carbonyl (C=O) groups is 1. The van der Waals surface area contributed by atoms with Gasteiger partial charge in [0.2, 0.25) is 0 Å². The second-order valence-electron chi connectivity index (χ2n) is 5.38. The molecule has 1 aliphatic rings. The molecule has 0 aliphatic carbocycles. The van der Waals surface area contributed by atoms with Gasteiger partial charge in [0.15, 0.2) is 0 Å². The molecule has 0 aromatic carbocycles. The number of fused-ring (bicyclic) bond motifs is 1. The number of carbonyl (C=O) groups excluding carboxylic acids is 1. The standard InChI is InChI=1S/C15H20N4O.ClH/c1-16-10-12-5-8-18(9-6-12)15(20)13-11-17-19-7-3-2-4-14(13)19;/h2-4,7,11-12,16H,5-6,8-10H2,1H3;1H. The molecule has 0 bridgehead atoms. The number of piperidine rings is 1. The van der Waals surface area contributed by atoms with E-state index in [0.29, 0.717) is 11.5 Å². The fourth-order valence-electron chi connectivity index (χ4n) is 2.90. The van der Waals surface area contributed by atoms with Crippen LogP contribution in [0, 0.1) is 5.92 Å². The molecule has 0 atom stereocenters. The molecule has 1 amide bonds. The number of aromatic nitrogens is 2. The van der Waals surface area contributed by atoms with Crippen molar-refractivity contribution in [2.75, 3.05) is 26.7 Å². The van der Waals surface area contributed by atoms with Crippen LogP contribution in [0.2, 0.25) is 0 Å². The van der Waals surface area contributed by atoms with Crippen molar-refractivity contribution in [3.63, 3.8) is 0 Å². The van der Waals surface area contributed by atoms with Crippen LogP contribution in [0.25, 0.3) is 5.52 Å². The Balaban J connectivity index is 0.00000161. The summed E-state index contributed by atoms with van der Waals surface area (Å²) in [5.74, 6) is 0.794. The molecule has 0 spiro atoms. The summed E-state index contributed by atoms with van der Waals surface area (Å²) in [6.07, 6.45) is 5.69. The third-order valence-corrected chi connectivity index (χ3v) is 4.05. The molecule has 1 N–H and O–H groups in total. The highest BCUT2D eigenvalue weighted by molar-refractivity contribution is 6.00. The van der Waals surface area contributed by atoms with E-state index in [1.807, 2.05) is 36.3 Å². The zero-order chi connectivity index (χ0) is 13.9. The quantitative estimate of drug-likeness (QED) is 0.941. The SMILES string of the molecule is CNCC1CCN(C(=O)c2cnn3ccccc23)CC1.Cl. The van der Waals surface area contributed by atoms with Crippen LogP contribution >= 0.6 is 12.4 Å². The molecule has 114 valence electrons. The smallest absolute Gasteiger partial charge is 0.257 e. The van der Waals surface area contributed by atoms with Gasteiger partial charge in [-0.3, -0.25) is 4.79 Å². The Kier molecular flexibility index (Phi) is 5.20. The first-order valence-corrected chi connectivity index (χ1v) is 7.16. The van der Waals surface area contributed by atoms with E-state index >= 15 is 0 Å². The number of hydrogen-bond donors (Lipinski definition) is 1. The predicted octanol–water partition coefficient (Wildman–Crippen LogP) is 1.83. The monoisotopic (exact) mass is 308 g/mol. The van der Waals surface area contributed by atoms with E-state index in [0.717, 1.165) is 38.0 Å². The summed E-state index contributed by atoms with van der Waals surface area (Å²) in [6, 6.07) is 5.79. The third kappa shape index (κ3) is 3.19. The van der Waals surface area contributed by atoms with Gasteiger partial charge in [-0.05, 0) is 44.5 Å². The molecule has 1 aliphatic heterocycles. The molecule has 5 nitrogen and oxygen atoms in total. The molecule has 2 aromatic rings. The molecule has 3 heterocycles. The number of pyridine rings is 1. The molecule has 0 saturated carbocycles. The van der Waals surface area contributed by atoms with Gasteiger partial charge in [0.05, 0.1) is 17.3 Å². The molecule has 0 unspecified atom stereocenters. The molecule has 0 radical (unpaired) electrons. The number of halogens is 1. The van der Waals surface area contributed by atoms with Crippen molar-refractivity contribution >= 4 is 23.8 Å². The van der Waals surface area contributed by atoms with Crippen molar-refractivity contribution in [3.05, 3.63) is 36.2 Å². The van der Waals surface area contributed by atoms with E-state index < -0.39 is 0 Å². The molecule has 6 heteroatoms. The van der Waals surface area contributed by atoms with E-state index in [1.165, 1.54) is 0 Å². The molecule has 3 rings (SSSR count). The van der Waals surface area contributed by atoms with Crippen LogP contribution in [0.1, 0.15) is 23.2 Å². The Morgan fingerprint density at radius 2 is 2.14 bits per heavy atom. The first-order chi connectivity index (χ1) is 9.79. The summed E-state index contributed by atoms with van der Waals surface area (Å²) in [4.78, 5) is 14.6. The predicted molar refractivity (Wildman–Crippen MR) is 85.0 cm³/mol. The van der Waals surface area contributed by atoms with Crippen LogP contribution in [0.3, 0.4) is 0 Å². The minimum Gasteiger partial charge on any atom is -0.339 e. The molecular formula is C15H21ClN4O. The van der Waals surface area contributed by atoms with Crippen molar-refractivity contribution in [1.29, 1.82) is 0 Å². The van der Waals surface area contributed by atoms with Crippen LogP contribution in [0.15, 0.2) is 30.6 Å². The fourth-order valence-corrected chi connectivity index (χ4v) is 2.90. The van der Waals surface area contributed by atoms with Crippen molar-refractivity contribution in [2.24, 2.45) is 5.92 Å². The molecular weight excluding hydrogens is 288 g/mol. The van der Waals surface area contributed by atoms with Crippen molar-refractivity contribution in [2.45, 2.75) is 12.8 Å². The maximum atomic E-state index is 12.6. The lowest BCUT2D eigenvalue weighted by Gasteiger charge is -2.31. The van der Waals surface area contributed by atoms with Gasteiger partial charge < -0.3 is 10.2 Å². The summed E-state index contributed by atoms with van der Waals surface area (Å²) >= 11 is 0. The summed E-state index contributed by atoms with van der Waals surface area (Å²) in [6.45, 7) is 2.73.